The number of aromatic nitrogens is 2. The second-order valence-electron chi connectivity index (χ2n) is 3.04. The molecule has 0 aliphatic carbocycles. The van der Waals surface area contributed by atoms with Gasteiger partial charge in [0.15, 0.2) is 0 Å². The van der Waals surface area contributed by atoms with Crippen molar-refractivity contribution in [1.82, 2.24) is 9.97 Å². The van der Waals surface area contributed by atoms with Gasteiger partial charge in [-0.25, -0.2) is 9.97 Å². The van der Waals surface area contributed by atoms with Crippen molar-refractivity contribution in [2.75, 3.05) is 0 Å². The summed E-state index contributed by atoms with van der Waals surface area (Å²) in [7, 11) is 0. The predicted molar refractivity (Wildman–Crippen MR) is 67.9 cm³/mol. The number of benzene rings is 1. The normalized spacial score (nSPS) is 9.94. The van der Waals surface area contributed by atoms with E-state index in [-0.39, 0.29) is 11.7 Å². The van der Waals surface area contributed by atoms with E-state index in [0.29, 0.717) is 5.75 Å². The molecule has 17 heavy (non-hydrogen) atoms. The fourth-order valence-electron chi connectivity index (χ4n) is 1.12. The van der Waals surface area contributed by atoms with Crippen LogP contribution < -0.4 is 4.74 Å². The van der Waals surface area contributed by atoms with Crippen molar-refractivity contribution in [2.24, 2.45) is 0 Å². The minimum Gasteiger partial charge on any atom is -0.424 e. The molecule has 7 heteroatoms. The van der Waals surface area contributed by atoms with Gasteiger partial charge in [0.1, 0.15) is 5.75 Å². The number of hydrogen-bond acceptors (Lipinski definition) is 5. The first-order chi connectivity index (χ1) is 8.15. The van der Waals surface area contributed by atoms with Crippen LogP contribution in [-0.2, 0) is 0 Å². The Morgan fingerprint density at radius 3 is 2.65 bits per heavy atom. The first-order valence-corrected chi connectivity index (χ1v) is 5.63. The quantitative estimate of drug-likeness (QED) is 0.487. The van der Waals surface area contributed by atoms with Crippen LogP contribution in [0.1, 0.15) is 0 Å². The highest BCUT2D eigenvalue weighted by Crippen LogP contribution is 2.22. The van der Waals surface area contributed by atoms with Crippen LogP contribution in [0.25, 0.3) is 0 Å². The summed E-state index contributed by atoms with van der Waals surface area (Å²) in [5.41, 5.74) is -0.0342. The minimum atomic E-state index is -0.484. The van der Waals surface area contributed by atoms with Crippen molar-refractivity contribution in [2.45, 2.75) is 0 Å². The van der Waals surface area contributed by atoms with E-state index in [9.17, 15) is 10.1 Å². The summed E-state index contributed by atoms with van der Waals surface area (Å²) in [6.07, 6.45) is 3.19. The number of non-ortho nitro benzene ring substituents is 1. The Bertz CT molecular complexity index is 545. The molecule has 0 aliphatic heterocycles. The molecular formula is C10H6IN3O3. The molecule has 2 rings (SSSR count). The van der Waals surface area contributed by atoms with E-state index in [1.54, 1.807) is 24.5 Å². The zero-order valence-electron chi connectivity index (χ0n) is 8.41. The topological polar surface area (TPSA) is 78.2 Å². The molecule has 1 aromatic carbocycles. The number of ether oxygens (including phenoxy) is 1. The average Bonchev–Trinajstić information content (AvgIpc) is 2.32. The van der Waals surface area contributed by atoms with Crippen molar-refractivity contribution in [1.29, 1.82) is 0 Å². The van der Waals surface area contributed by atoms with Gasteiger partial charge in [-0.1, -0.05) is 6.07 Å². The third-order valence-corrected chi connectivity index (χ3v) is 2.39. The maximum Gasteiger partial charge on any atom is 0.321 e. The van der Waals surface area contributed by atoms with E-state index in [1.807, 2.05) is 0 Å². The summed E-state index contributed by atoms with van der Waals surface area (Å²) in [5, 5.41) is 10.6. The van der Waals surface area contributed by atoms with E-state index in [1.165, 1.54) is 12.1 Å². The average molecular weight is 343 g/mol. The van der Waals surface area contributed by atoms with Crippen LogP contribution in [-0.4, -0.2) is 14.9 Å². The summed E-state index contributed by atoms with van der Waals surface area (Å²) in [5.74, 6) is 0.334. The third kappa shape index (κ3) is 3.09. The lowest BCUT2D eigenvalue weighted by Crippen LogP contribution is -1.93. The first-order valence-electron chi connectivity index (χ1n) is 4.55. The second-order valence-corrected chi connectivity index (χ2v) is 4.29. The van der Waals surface area contributed by atoms with Crippen molar-refractivity contribution >= 4 is 28.3 Å². The molecule has 0 fully saturated rings. The molecule has 0 spiro atoms. The predicted octanol–water partition coefficient (Wildman–Crippen LogP) is 2.78. The van der Waals surface area contributed by atoms with Crippen molar-refractivity contribution in [3.63, 3.8) is 0 Å². The molecule has 6 nitrogen and oxygen atoms in total. The van der Waals surface area contributed by atoms with Crippen LogP contribution in [0, 0.1) is 13.7 Å². The first kappa shape index (κ1) is 11.7. The third-order valence-electron chi connectivity index (χ3n) is 1.83. The SMILES string of the molecule is O=[N+]([O-])c1cccc(Oc2ncc(I)cn2)c1. The summed E-state index contributed by atoms with van der Waals surface area (Å²) >= 11 is 2.07. The van der Waals surface area contributed by atoms with Crippen LogP contribution in [0.3, 0.4) is 0 Å². The van der Waals surface area contributed by atoms with Crippen molar-refractivity contribution in [3.8, 4) is 11.8 Å². The molecule has 1 aromatic heterocycles. The fourth-order valence-corrected chi connectivity index (χ4v) is 1.40. The number of halogens is 1. The van der Waals surface area contributed by atoms with Gasteiger partial charge in [-0.2, -0.15) is 0 Å². The Balaban J connectivity index is 2.21. The lowest BCUT2D eigenvalue weighted by atomic mass is 10.3. The molecule has 0 atom stereocenters. The number of rotatable bonds is 3. The second kappa shape index (κ2) is 5.04. The molecule has 0 N–H and O–H groups in total. The molecule has 1 heterocycles. The summed E-state index contributed by atoms with van der Waals surface area (Å²) in [6.45, 7) is 0. The summed E-state index contributed by atoms with van der Waals surface area (Å²) in [4.78, 5) is 18.0. The highest BCUT2D eigenvalue weighted by atomic mass is 127. The zero-order valence-corrected chi connectivity index (χ0v) is 10.6. The molecule has 2 aromatic rings. The Kier molecular flexibility index (Phi) is 3.47. The van der Waals surface area contributed by atoms with E-state index < -0.39 is 4.92 Å². The maximum absolute atomic E-state index is 10.6. The van der Waals surface area contributed by atoms with Gasteiger partial charge in [-0.15, -0.1) is 0 Å². The molecule has 86 valence electrons. The number of nitro groups is 1. The number of nitrogens with zero attached hydrogens (tertiary/aromatic N) is 3. The summed E-state index contributed by atoms with van der Waals surface area (Å²) < 4.78 is 6.18. The standard InChI is InChI=1S/C10H6IN3O3/c11-7-5-12-10(13-6-7)17-9-3-1-2-8(4-9)14(15)16/h1-6H. The molecular weight excluding hydrogens is 337 g/mol. The Labute approximate surface area is 110 Å². The molecule has 0 saturated carbocycles. The molecule has 0 amide bonds. The van der Waals surface area contributed by atoms with Gasteiger partial charge in [-0.05, 0) is 28.7 Å². The molecule has 0 aliphatic rings. The van der Waals surface area contributed by atoms with E-state index in [2.05, 4.69) is 32.6 Å². The van der Waals surface area contributed by atoms with Crippen LogP contribution >= 0.6 is 22.6 Å². The van der Waals surface area contributed by atoms with Gasteiger partial charge in [0.25, 0.3) is 5.69 Å². The Morgan fingerprint density at radius 2 is 2.00 bits per heavy atom. The summed E-state index contributed by atoms with van der Waals surface area (Å²) in [6, 6.07) is 6.02. The van der Waals surface area contributed by atoms with E-state index in [0.717, 1.165) is 3.57 Å². The largest absolute Gasteiger partial charge is 0.424 e. The highest BCUT2D eigenvalue weighted by Gasteiger charge is 2.07. The molecule has 0 radical (unpaired) electrons. The van der Waals surface area contributed by atoms with Gasteiger partial charge in [-0.3, -0.25) is 10.1 Å². The van der Waals surface area contributed by atoms with Crippen LogP contribution in [0.4, 0.5) is 5.69 Å². The van der Waals surface area contributed by atoms with Gasteiger partial charge in [0, 0.05) is 22.0 Å². The number of hydrogen-bond donors (Lipinski definition) is 0. The number of nitro benzene ring substituents is 1. The smallest absolute Gasteiger partial charge is 0.321 e. The highest BCUT2D eigenvalue weighted by molar-refractivity contribution is 14.1. The molecule has 0 unspecified atom stereocenters. The Hall–Kier alpha value is -1.77. The van der Waals surface area contributed by atoms with E-state index in [4.69, 9.17) is 4.74 Å². The monoisotopic (exact) mass is 343 g/mol. The fraction of sp³-hybridized carbons (Fsp3) is 0. The van der Waals surface area contributed by atoms with Crippen LogP contribution in [0.5, 0.6) is 11.8 Å². The van der Waals surface area contributed by atoms with Crippen LogP contribution in [0.15, 0.2) is 36.7 Å². The Morgan fingerprint density at radius 1 is 1.29 bits per heavy atom. The van der Waals surface area contributed by atoms with Crippen LogP contribution in [0.2, 0.25) is 0 Å². The molecule has 0 saturated heterocycles. The van der Waals surface area contributed by atoms with Crippen molar-refractivity contribution < 1.29 is 9.66 Å². The lowest BCUT2D eigenvalue weighted by Gasteiger charge is -2.02. The van der Waals surface area contributed by atoms with Gasteiger partial charge >= 0.3 is 6.01 Å². The molecule has 0 bridgehead atoms. The minimum absolute atomic E-state index is 0.0342. The van der Waals surface area contributed by atoms with Gasteiger partial charge in [0.2, 0.25) is 0 Å². The maximum atomic E-state index is 10.6. The van der Waals surface area contributed by atoms with E-state index >= 15 is 0 Å². The van der Waals surface area contributed by atoms with Crippen molar-refractivity contribution in [3.05, 3.63) is 50.3 Å². The van der Waals surface area contributed by atoms with Gasteiger partial charge in [0.05, 0.1) is 11.0 Å². The van der Waals surface area contributed by atoms with Gasteiger partial charge < -0.3 is 4.74 Å². The zero-order chi connectivity index (χ0) is 12.3. The lowest BCUT2D eigenvalue weighted by molar-refractivity contribution is -0.384.